The van der Waals surface area contributed by atoms with Gasteiger partial charge in [0.05, 0.1) is 16.3 Å². The van der Waals surface area contributed by atoms with Crippen molar-refractivity contribution < 1.29 is 37.0 Å². The number of benzene rings is 2. The summed E-state index contributed by atoms with van der Waals surface area (Å²) < 4.78 is 58.9. The molecule has 190 valence electrons. The maximum absolute atomic E-state index is 14.6. The molecule has 3 amide bonds. The van der Waals surface area contributed by atoms with Crippen LogP contribution in [-0.4, -0.2) is 29.1 Å². The topological polar surface area (TPSA) is 133 Å². The van der Waals surface area contributed by atoms with Gasteiger partial charge in [0, 0.05) is 24.4 Å². The Labute approximate surface area is 205 Å². The number of nitrogens with one attached hydrogen (secondary N) is 4. The molecular weight excluding hydrogens is 512 g/mol. The van der Waals surface area contributed by atoms with Crippen molar-refractivity contribution >= 4 is 34.9 Å². The summed E-state index contributed by atoms with van der Waals surface area (Å²) in [5.41, 5.74) is -2.89. The van der Waals surface area contributed by atoms with Crippen molar-refractivity contribution in [1.29, 1.82) is 0 Å². The highest BCUT2D eigenvalue weighted by molar-refractivity contribution is 6.31. The van der Waals surface area contributed by atoms with Crippen LogP contribution in [0.2, 0.25) is 5.02 Å². The van der Waals surface area contributed by atoms with E-state index in [1.54, 1.807) is 0 Å². The van der Waals surface area contributed by atoms with Crippen LogP contribution in [0.15, 0.2) is 41.2 Å². The zero-order chi connectivity index (χ0) is 26.8. The molecule has 0 saturated heterocycles. The average Bonchev–Trinajstić information content (AvgIpc) is 2.80. The Hall–Kier alpha value is -4.26. The van der Waals surface area contributed by atoms with Gasteiger partial charge in [-0.2, -0.15) is 13.2 Å². The second-order valence-corrected chi connectivity index (χ2v) is 7.63. The Morgan fingerprint density at radius 1 is 1.11 bits per heavy atom. The van der Waals surface area contributed by atoms with E-state index < -0.39 is 51.6 Å². The van der Waals surface area contributed by atoms with Gasteiger partial charge in [0.2, 0.25) is 5.75 Å². The second kappa shape index (κ2) is 10.2. The van der Waals surface area contributed by atoms with E-state index in [4.69, 9.17) is 16.3 Å². The second-order valence-electron chi connectivity index (χ2n) is 7.23. The van der Waals surface area contributed by atoms with Crippen molar-refractivity contribution in [3.05, 3.63) is 74.4 Å². The number of anilines is 2. The number of hydrogen-bond donors (Lipinski definition) is 5. The molecule has 0 unspecified atom stereocenters. The number of halogens is 5. The number of urea groups is 1. The molecule has 0 saturated carbocycles. The zero-order valence-corrected chi connectivity index (χ0v) is 19.2. The van der Waals surface area contributed by atoms with E-state index in [0.717, 1.165) is 24.3 Å². The van der Waals surface area contributed by atoms with Crippen LogP contribution in [0.25, 0.3) is 0 Å². The molecule has 3 aromatic rings. The number of carbonyl (C=O) groups is 2. The summed E-state index contributed by atoms with van der Waals surface area (Å²) in [4.78, 5) is 38.2. The summed E-state index contributed by atoms with van der Waals surface area (Å²) in [7, 11) is 1.33. The summed E-state index contributed by atoms with van der Waals surface area (Å²) in [5, 5.41) is 16.1. The number of ether oxygens (including phenoxy) is 1. The Kier molecular flexibility index (Phi) is 7.43. The number of carbonyl (C=O) groups excluding carboxylic acids is 2. The fourth-order valence-electron chi connectivity index (χ4n) is 3.02. The smallest absolute Gasteiger partial charge is 0.417 e. The molecule has 3 rings (SSSR count). The quantitative estimate of drug-likeness (QED) is 0.297. The van der Waals surface area contributed by atoms with Crippen LogP contribution in [0, 0.1) is 12.7 Å². The summed E-state index contributed by atoms with van der Waals surface area (Å²) in [5.74, 6) is -3.10. The molecular formula is C22H17ClF4N4O5. The maximum Gasteiger partial charge on any atom is 0.417 e. The van der Waals surface area contributed by atoms with Crippen LogP contribution in [0.5, 0.6) is 17.2 Å². The van der Waals surface area contributed by atoms with Gasteiger partial charge in [-0.15, -0.1) is 0 Å². The van der Waals surface area contributed by atoms with E-state index in [1.165, 1.54) is 20.0 Å². The van der Waals surface area contributed by atoms with Crippen molar-refractivity contribution in [1.82, 2.24) is 10.3 Å². The third-order valence-electron chi connectivity index (χ3n) is 4.78. The van der Waals surface area contributed by atoms with Crippen LogP contribution in [0.4, 0.5) is 33.7 Å². The molecule has 0 radical (unpaired) electrons. The largest absolute Gasteiger partial charge is 0.500 e. The lowest BCUT2D eigenvalue weighted by atomic mass is 10.1. The predicted molar refractivity (Wildman–Crippen MR) is 122 cm³/mol. The fraction of sp³-hybridized carbons (Fsp3) is 0.136. The summed E-state index contributed by atoms with van der Waals surface area (Å²) in [6.07, 6.45) is -4.75. The van der Waals surface area contributed by atoms with Crippen LogP contribution in [-0.2, 0) is 6.18 Å². The molecule has 0 bridgehead atoms. The number of aromatic amines is 1. The number of aromatic nitrogens is 1. The Morgan fingerprint density at radius 2 is 1.81 bits per heavy atom. The van der Waals surface area contributed by atoms with E-state index in [-0.39, 0.29) is 28.4 Å². The molecule has 2 aromatic carbocycles. The molecule has 1 aromatic heterocycles. The van der Waals surface area contributed by atoms with Crippen molar-refractivity contribution in [2.75, 3.05) is 17.7 Å². The highest BCUT2D eigenvalue weighted by Gasteiger charge is 2.33. The number of pyridine rings is 1. The third-order valence-corrected chi connectivity index (χ3v) is 5.11. The number of H-pyrrole nitrogens is 1. The molecule has 1 heterocycles. The first-order valence-electron chi connectivity index (χ1n) is 9.92. The van der Waals surface area contributed by atoms with E-state index >= 15 is 0 Å². The van der Waals surface area contributed by atoms with Gasteiger partial charge in [0.25, 0.3) is 11.5 Å². The van der Waals surface area contributed by atoms with Gasteiger partial charge in [-0.25, -0.2) is 9.18 Å². The van der Waals surface area contributed by atoms with Crippen LogP contribution in [0.1, 0.15) is 21.6 Å². The van der Waals surface area contributed by atoms with Crippen LogP contribution < -0.4 is 26.2 Å². The minimum atomic E-state index is -4.75. The molecule has 14 heteroatoms. The first-order chi connectivity index (χ1) is 16.8. The van der Waals surface area contributed by atoms with Crippen molar-refractivity contribution in [2.45, 2.75) is 13.1 Å². The standard InChI is InChI=1S/C22H17ClF4N4O5/c1-9-16(19(33)28-2)31-20(34)17(32)18(9)36-11-4-6-15(14(24)8-11)30-21(35)29-10-3-5-13(23)12(7-10)22(25,26)27/h3-8,32H,1-2H3,(H,28,33)(H,31,34)(H2,29,30,35). The van der Waals surface area contributed by atoms with Crippen LogP contribution >= 0.6 is 11.6 Å². The van der Waals surface area contributed by atoms with Gasteiger partial charge in [0.1, 0.15) is 17.3 Å². The SMILES string of the molecule is CNC(=O)c1[nH]c(=O)c(O)c(Oc2ccc(NC(=O)Nc3ccc(Cl)c(C(F)(F)F)c3)c(F)c2)c1C. The number of hydrogen-bond acceptors (Lipinski definition) is 5. The van der Waals surface area contributed by atoms with Gasteiger partial charge in [0.15, 0.2) is 5.75 Å². The summed E-state index contributed by atoms with van der Waals surface area (Å²) in [6.45, 7) is 1.38. The lowest BCUT2D eigenvalue weighted by Gasteiger charge is -2.14. The molecule has 0 aliphatic carbocycles. The van der Waals surface area contributed by atoms with Crippen molar-refractivity contribution in [3.8, 4) is 17.2 Å². The molecule has 0 aliphatic heterocycles. The Balaban J connectivity index is 1.79. The number of amides is 3. The molecule has 0 aliphatic rings. The molecule has 0 atom stereocenters. The molecule has 9 nitrogen and oxygen atoms in total. The van der Waals surface area contributed by atoms with Gasteiger partial charge in [-0.1, -0.05) is 11.6 Å². The Bertz CT molecular complexity index is 1410. The van der Waals surface area contributed by atoms with Gasteiger partial charge in [-0.3, -0.25) is 9.59 Å². The van der Waals surface area contributed by atoms with Crippen molar-refractivity contribution in [2.24, 2.45) is 0 Å². The zero-order valence-electron chi connectivity index (χ0n) is 18.4. The highest BCUT2D eigenvalue weighted by Crippen LogP contribution is 2.36. The van der Waals surface area contributed by atoms with E-state index in [0.29, 0.717) is 6.07 Å². The monoisotopic (exact) mass is 528 g/mol. The number of rotatable bonds is 5. The molecule has 36 heavy (non-hydrogen) atoms. The first-order valence-corrected chi connectivity index (χ1v) is 10.3. The third kappa shape index (κ3) is 5.68. The minimum absolute atomic E-state index is 0.0645. The van der Waals surface area contributed by atoms with Crippen molar-refractivity contribution in [3.63, 3.8) is 0 Å². The van der Waals surface area contributed by atoms with E-state index in [9.17, 15) is 37.1 Å². The highest BCUT2D eigenvalue weighted by atomic mass is 35.5. The van der Waals surface area contributed by atoms with Gasteiger partial charge in [-0.05, 0) is 37.3 Å². The summed E-state index contributed by atoms with van der Waals surface area (Å²) in [6, 6.07) is 4.74. The predicted octanol–water partition coefficient (Wildman–Crippen LogP) is 5.00. The average molecular weight is 529 g/mol. The molecule has 5 N–H and O–H groups in total. The van der Waals surface area contributed by atoms with Gasteiger partial charge < -0.3 is 30.8 Å². The van der Waals surface area contributed by atoms with E-state index in [1.807, 2.05) is 0 Å². The molecule has 0 spiro atoms. The number of alkyl halides is 3. The number of aromatic hydroxyl groups is 1. The fourth-order valence-corrected chi connectivity index (χ4v) is 3.25. The van der Waals surface area contributed by atoms with Gasteiger partial charge >= 0.3 is 12.2 Å². The lowest BCUT2D eigenvalue weighted by molar-refractivity contribution is -0.137. The maximum atomic E-state index is 14.6. The van der Waals surface area contributed by atoms with Crippen LogP contribution in [0.3, 0.4) is 0 Å². The molecule has 0 fully saturated rings. The first kappa shape index (κ1) is 26.3. The lowest BCUT2D eigenvalue weighted by Crippen LogP contribution is -2.24. The minimum Gasteiger partial charge on any atom is -0.500 e. The van der Waals surface area contributed by atoms with E-state index in [2.05, 4.69) is 20.9 Å². The normalized spacial score (nSPS) is 11.1. The Morgan fingerprint density at radius 3 is 2.42 bits per heavy atom. The summed E-state index contributed by atoms with van der Waals surface area (Å²) >= 11 is 5.54.